The highest BCUT2D eigenvalue weighted by Crippen LogP contribution is 2.25. The summed E-state index contributed by atoms with van der Waals surface area (Å²) in [4.78, 5) is 12.9. The average molecular weight is 251 g/mol. The van der Waals surface area contributed by atoms with Gasteiger partial charge in [0.15, 0.2) is 0 Å². The lowest BCUT2D eigenvalue weighted by Crippen LogP contribution is -2.34. The first-order valence-electron chi connectivity index (χ1n) is 6.17. The lowest BCUT2D eigenvalue weighted by atomic mass is 9.85. The Morgan fingerprint density at radius 3 is 2.17 bits per heavy atom. The van der Waals surface area contributed by atoms with Crippen LogP contribution < -0.4 is 0 Å². The number of nitrogens with zero attached hydrogens (tertiary/aromatic N) is 1. The second-order valence-corrected chi connectivity index (χ2v) is 5.34. The Bertz CT molecular complexity index is 308. The SMILES string of the molecule is C=CCN(CC=C)CC(C)(C)CCC(=C)C(=O)O. The summed E-state index contributed by atoms with van der Waals surface area (Å²) in [5, 5.41) is 8.79. The average Bonchev–Trinajstić information content (AvgIpc) is 2.26. The van der Waals surface area contributed by atoms with Crippen LogP contribution in [-0.4, -0.2) is 35.6 Å². The number of hydrogen-bond donors (Lipinski definition) is 1. The van der Waals surface area contributed by atoms with Gasteiger partial charge in [0.25, 0.3) is 0 Å². The van der Waals surface area contributed by atoms with Gasteiger partial charge in [-0.05, 0) is 18.3 Å². The second kappa shape index (κ2) is 7.88. The van der Waals surface area contributed by atoms with Crippen molar-refractivity contribution in [1.29, 1.82) is 0 Å². The van der Waals surface area contributed by atoms with Crippen LogP contribution in [0.25, 0.3) is 0 Å². The summed E-state index contributed by atoms with van der Waals surface area (Å²) in [6.07, 6.45) is 5.08. The molecule has 0 heterocycles. The van der Waals surface area contributed by atoms with E-state index in [-0.39, 0.29) is 11.0 Å². The molecular weight excluding hydrogens is 226 g/mol. The van der Waals surface area contributed by atoms with Crippen molar-refractivity contribution in [3.8, 4) is 0 Å². The summed E-state index contributed by atoms with van der Waals surface area (Å²) in [6.45, 7) is 17.8. The molecule has 3 nitrogen and oxygen atoms in total. The van der Waals surface area contributed by atoms with Crippen LogP contribution in [0.15, 0.2) is 37.5 Å². The summed E-state index contributed by atoms with van der Waals surface area (Å²) in [6, 6.07) is 0. The van der Waals surface area contributed by atoms with Gasteiger partial charge in [0.2, 0.25) is 0 Å². The first-order chi connectivity index (χ1) is 8.32. The Morgan fingerprint density at radius 1 is 1.28 bits per heavy atom. The number of carboxylic acid groups (broad SMARTS) is 1. The van der Waals surface area contributed by atoms with Gasteiger partial charge in [-0.3, -0.25) is 4.90 Å². The number of carbonyl (C=O) groups is 1. The van der Waals surface area contributed by atoms with Crippen LogP contribution in [0.1, 0.15) is 26.7 Å². The second-order valence-electron chi connectivity index (χ2n) is 5.34. The fourth-order valence-electron chi connectivity index (χ4n) is 1.85. The minimum Gasteiger partial charge on any atom is -0.478 e. The lowest BCUT2D eigenvalue weighted by molar-refractivity contribution is -0.132. The van der Waals surface area contributed by atoms with E-state index in [1.165, 1.54) is 0 Å². The van der Waals surface area contributed by atoms with Gasteiger partial charge in [-0.2, -0.15) is 0 Å². The highest BCUT2D eigenvalue weighted by atomic mass is 16.4. The number of hydrogen-bond acceptors (Lipinski definition) is 2. The number of carboxylic acids is 1. The molecule has 0 aromatic heterocycles. The predicted octanol–water partition coefficient (Wildman–Crippen LogP) is 3.11. The largest absolute Gasteiger partial charge is 0.478 e. The number of aliphatic carboxylic acids is 1. The van der Waals surface area contributed by atoms with Crippen molar-refractivity contribution in [3.63, 3.8) is 0 Å². The van der Waals surface area contributed by atoms with Crippen molar-refractivity contribution in [2.24, 2.45) is 5.41 Å². The quantitative estimate of drug-likeness (QED) is 0.479. The Labute approximate surface area is 110 Å². The Kier molecular flexibility index (Phi) is 7.29. The molecule has 0 spiro atoms. The van der Waals surface area contributed by atoms with Crippen LogP contribution in [0.5, 0.6) is 0 Å². The number of rotatable bonds is 10. The van der Waals surface area contributed by atoms with Gasteiger partial charge < -0.3 is 5.11 Å². The molecule has 1 N–H and O–H groups in total. The summed E-state index contributed by atoms with van der Waals surface area (Å²) in [5.74, 6) is -0.903. The van der Waals surface area contributed by atoms with E-state index in [2.05, 4.69) is 38.5 Å². The highest BCUT2D eigenvalue weighted by Gasteiger charge is 2.21. The molecule has 0 aliphatic rings. The highest BCUT2D eigenvalue weighted by molar-refractivity contribution is 5.85. The summed E-state index contributed by atoms with van der Waals surface area (Å²) < 4.78 is 0. The molecule has 0 atom stereocenters. The third-order valence-electron chi connectivity index (χ3n) is 2.83. The third kappa shape index (κ3) is 7.07. The maximum absolute atomic E-state index is 10.7. The molecule has 0 aliphatic carbocycles. The minimum atomic E-state index is -0.903. The van der Waals surface area contributed by atoms with Gasteiger partial charge in [-0.15, -0.1) is 13.2 Å². The predicted molar refractivity (Wildman–Crippen MR) is 76.6 cm³/mol. The minimum absolute atomic E-state index is 0.0460. The molecule has 0 aromatic carbocycles. The first-order valence-corrected chi connectivity index (χ1v) is 6.17. The zero-order valence-electron chi connectivity index (χ0n) is 11.6. The van der Waals surface area contributed by atoms with Crippen LogP contribution in [-0.2, 0) is 4.79 Å². The molecular formula is C15H25NO2. The summed E-state index contributed by atoms with van der Waals surface area (Å²) in [7, 11) is 0. The lowest BCUT2D eigenvalue weighted by Gasteiger charge is -2.31. The van der Waals surface area contributed by atoms with Crippen LogP contribution in [0.2, 0.25) is 0 Å². The normalized spacial score (nSPS) is 11.3. The van der Waals surface area contributed by atoms with E-state index in [0.717, 1.165) is 26.1 Å². The Morgan fingerprint density at radius 2 is 1.78 bits per heavy atom. The topological polar surface area (TPSA) is 40.5 Å². The van der Waals surface area contributed by atoms with E-state index in [0.29, 0.717) is 6.42 Å². The van der Waals surface area contributed by atoms with Crippen LogP contribution >= 0.6 is 0 Å². The zero-order valence-corrected chi connectivity index (χ0v) is 11.6. The van der Waals surface area contributed by atoms with Crippen molar-refractivity contribution < 1.29 is 9.90 Å². The molecule has 0 saturated heterocycles. The zero-order chi connectivity index (χ0) is 14.2. The molecule has 0 rings (SSSR count). The van der Waals surface area contributed by atoms with Crippen molar-refractivity contribution in [3.05, 3.63) is 37.5 Å². The van der Waals surface area contributed by atoms with Crippen molar-refractivity contribution in [2.75, 3.05) is 19.6 Å². The summed E-state index contributed by atoms with van der Waals surface area (Å²) in [5.41, 5.74) is 0.326. The van der Waals surface area contributed by atoms with E-state index < -0.39 is 5.97 Å². The Hall–Kier alpha value is -1.35. The molecule has 102 valence electrons. The third-order valence-corrected chi connectivity index (χ3v) is 2.83. The Balaban J connectivity index is 4.33. The molecule has 3 heteroatoms. The van der Waals surface area contributed by atoms with Gasteiger partial charge in [-0.1, -0.05) is 32.6 Å². The molecule has 0 saturated carbocycles. The molecule has 0 fully saturated rings. The van der Waals surface area contributed by atoms with Gasteiger partial charge in [0, 0.05) is 25.2 Å². The molecule has 0 unspecified atom stereocenters. The fourth-order valence-corrected chi connectivity index (χ4v) is 1.85. The van der Waals surface area contributed by atoms with E-state index in [9.17, 15) is 4.79 Å². The van der Waals surface area contributed by atoms with Crippen LogP contribution in [0, 0.1) is 5.41 Å². The molecule has 0 aliphatic heterocycles. The van der Waals surface area contributed by atoms with Gasteiger partial charge in [0.05, 0.1) is 0 Å². The van der Waals surface area contributed by atoms with Crippen molar-refractivity contribution in [2.45, 2.75) is 26.7 Å². The maximum atomic E-state index is 10.7. The maximum Gasteiger partial charge on any atom is 0.330 e. The van der Waals surface area contributed by atoms with Crippen molar-refractivity contribution >= 4 is 5.97 Å². The van der Waals surface area contributed by atoms with Gasteiger partial charge in [0.1, 0.15) is 0 Å². The summed E-state index contributed by atoms with van der Waals surface area (Å²) >= 11 is 0. The standard InChI is InChI=1S/C15H25NO2/c1-6-10-16(11-7-2)12-15(4,5)9-8-13(3)14(17)18/h6-7H,1-3,8-12H2,4-5H3,(H,17,18). The first kappa shape index (κ1) is 16.6. The van der Waals surface area contributed by atoms with Crippen molar-refractivity contribution in [1.82, 2.24) is 4.90 Å². The molecule has 18 heavy (non-hydrogen) atoms. The molecule has 0 radical (unpaired) electrons. The smallest absolute Gasteiger partial charge is 0.330 e. The van der Waals surface area contributed by atoms with E-state index in [4.69, 9.17) is 5.11 Å². The van der Waals surface area contributed by atoms with Gasteiger partial charge in [-0.25, -0.2) is 4.79 Å². The van der Waals surface area contributed by atoms with Gasteiger partial charge >= 0.3 is 5.97 Å². The fraction of sp³-hybridized carbons (Fsp3) is 0.533. The molecule has 0 aromatic rings. The molecule has 0 amide bonds. The molecule has 0 bridgehead atoms. The monoisotopic (exact) mass is 251 g/mol. The van der Waals surface area contributed by atoms with E-state index in [1.54, 1.807) is 0 Å². The van der Waals surface area contributed by atoms with E-state index in [1.807, 2.05) is 12.2 Å². The van der Waals surface area contributed by atoms with Crippen LogP contribution in [0.3, 0.4) is 0 Å². The van der Waals surface area contributed by atoms with Crippen LogP contribution in [0.4, 0.5) is 0 Å². The van der Waals surface area contributed by atoms with E-state index >= 15 is 0 Å².